The van der Waals surface area contributed by atoms with Gasteiger partial charge in [-0.1, -0.05) is 13.0 Å². The van der Waals surface area contributed by atoms with Crippen LogP contribution in [0, 0.1) is 20.8 Å². The highest BCUT2D eigenvalue weighted by Gasteiger charge is 2.38. The lowest BCUT2D eigenvalue weighted by Crippen LogP contribution is -2.54. The number of hydrogen-bond donors (Lipinski definition) is 1. The highest BCUT2D eigenvalue weighted by Crippen LogP contribution is 2.43. The summed E-state index contributed by atoms with van der Waals surface area (Å²) in [5.74, 6) is -0.947. The zero-order valence-corrected chi connectivity index (χ0v) is 20.4. The summed E-state index contributed by atoms with van der Waals surface area (Å²) in [5.41, 5.74) is 6.60. The number of carbonyl (C=O) groups excluding carboxylic acids is 3. The van der Waals surface area contributed by atoms with Gasteiger partial charge in [0.05, 0.1) is 5.69 Å². The predicted octanol–water partition coefficient (Wildman–Crippen LogP) is 5.00. The summed E-state index contributed by atoms with van der Waals surface area (Å²) in [6, 6.07) is 8.82. The topological polar surface area (TPSA) is 69.7 Å². The van der Waals surface area contributed by atoms with Gasteiger partial charge in [0.15, 0.2) is 0 Å². The molecule has 2 aliphatic heterocycles. The van der Waals surface area contributed by atoms with E-state index in [0.29, 0.717) is 11.6 Å². The van der Waals surface area contributed by atoms with Crippen molar-refractivity contribution in [2.45, 2.75) is 59.4 Å². The molecule has 0 saturated carbocycles. The standard InChI is InChI=1S/C27H31N3O3/c1-15-8-9-20(10-16(15)2)30-25(32)22(24(31)28-26(30)33)13-19-12-21-18(4)14-27(5,6)29(7)23(21)11-17(19)3/h8-13,18H,14H2,1-7H3,(H,28,31,33)/b22-13-. The predicted molar refractivity (Wildman–Crippen MR) is 132 cm³/mol. The van der Waals surface area contributed by atoms with Gasteiger partial charge in [0.2, 0.25) is 0 Å². The second-order valence-electron chi connectivity index (χ2n) is 9.97. The SMILES string of the molecule is Cc1ccc(N2C(=O)NC(=O)/C(=C/c3cc4c(cc3C)N(C)C(C)(C)CC4C)C2=O)cc1C. The van der Waals surface area contributed by atoms with E-state index >= 15 is 0 Å². The molecule has 2 aromatic carbocycles. The highest BCUT2D eigenvalue weighted by molar-refractivity contribution is 6.39. The maximum absolute atomic E-state index is 13.3. The summed E-state index contributed by atoms with van der Waals surface area (Å²) >= 11 is 0. The molecule has 1 saturated heterocycles. The number of amides is 4. The molecule has 0 bridgehead atoms. The minimum Gasteiger partial charge on any atom is -0.369 e. The van der Waals surface area contributed by atoms with Gasteiger partial charge in [0.25, 0.3) is 11.8 Å². The third-order valence-corrected chi connectivity index (χ3v) is 7.17. The molecule has 2 aromatic rings. The molecule has 1 unspecified atom stereocenters. The number of benzene rings is 2. The molecule has 4 amide bonds. The molecular weight excluding hydrogens is 414 g/mol. The van der Waals surface area contributed by atoms with Crippen LogP contribution in [0.25, 0.3) is 6.08 Å². The molecule has 4 rings (SSSR count). The van der Waals surface area contributed by atoms with Crippen molar-refractivity contribution in [1.29, 1.82) is 0 Å². The molecular formula is C27H31N3O3. The Morgan fingerprint density at radius 2 is 1.70 bits per heavy atom. The minimum atomic E-state index is -0.731. The van der Waals surface area contributed by atoms with Crippen LogP contribution in [0.15, 0.2) is 35.9 Å². The van der Waals surface area contributed by atoms with Gasteiger partial charge in [-0.25, -0.2) is 9.69 Å². The molecule has 2 heterocycles. The van der Waals surface area contributed by atoms with Crippen molar-refractivity contribution in [1.82, 2.24) is 5.32 Å². The van der Waals surface area contributed by atoms with Crippen LogP contribution in [0.1, 0.15) is 60.9 Å². The van der Waals surface area contributed by atoms with Crippen LogP contribution in [0.5, 0.6) is 0 Å². The number of imide groups is 2. The third-order valence-electron chi connectivity index (χ3n) is 7.17. The maximum Gasteiger partial charge on any atom is 0.335 e. The van der Waals surface area contributed by atoms with Gasteiger partial charge in [-0.15, -0.1) is 0 Å². The quantitative estimate of drug-likeness (QED) is 0.522. The minimum absolute atomic E-state index is 0.0467. The molecule has 1 atom stereocenters. The molecule has 6 heteroatoms. The lowest BCUT2D eigenvalue weighted by atomic mass is 9.79. The van der Waals surface area contributed by atoms with Crippen LogP contribution in [0.2, 0.25) is 0 Å². The molecule has 1 fully saturated rings. The van der Waals surface area contributed by atoms with Gasteiger partial charge in [-0.2, -0.15) is 0 Å². The van der Waals surface area contributed by atoms with Crippen molar-refractivity contribution < 1.29 is 14.4 Å². The van der Waals surface area contributed by atoms with E-state index < -0.39 is 17.8 Å². The lowest BCUT2D eigenvalue weighted by molar-refractivity contribution is -0.122. The first kappa shape index (κ1) is 22.8. The third kappa shape index (κ3) is 3.84. The average molecular weight is 446 g/mol. The van der Waals surface area contributed by atoms with Crippen LogP contribution in [0.4, 0.5) is 16.2 Å². The number of carbonyl (C=O) groups is 3. The van der Waals surface area contributed by atoms with Gasteiger partial charge in [0.1, 0.15) is 5.57 Å². The summed E-state index contributed by atoms with van der Waals surface area (Å²) in [5, 5.41) is 2.32. The average Bonchev–Trinajstić information content (AvgIpc) is 2.72. The number of nitrogens with one attached hydrogen (secondary N) is 1. The second-order valence-corrected chi connectivity index (χ2v) is 9.97. The number of urea groups is 1. The van der Waals surface area contributed by atoms with Crippen LogP contribution in [0.3, 0.4) is 0 Å². The number of rotatable bonds is 2. The van der Waals surface area contributed by atoms with Gasteiger partial charge in [-0.05, 0) is 105 Å². The Kier molecular flexibility index (Phi) is 5.43. The molecule has 2 aliphatic rings. The van der Waals surface area contributed by atoms with E-state index in [1.165, 1.54) is 11.3 Å². The number of anilines is 2. The monoisotopic (exact) mass is 445 g/mol. The van der Waals surface area contributed by atoms with Gasteiger partial charge in [-0.3, -0.25) is 14.9 Å². The van der Waals surface area contributed by atoms with E-state index in [2.05, 4.69) is 50.2 Å². The molecule has 0 spiro atoms. The zero-order valence-electron chi connectivity index (χ0n) is 20.4. The number of barbiturate groups is 1. The molecule has 33 heavy (non-hydrogen) atoms. The number of aryl methyl sites for hydroxylation is 3. The fourth-order valence-corrected chi connectivity index (χ4v) is 4.80. The Balaban J connectivity index is 1.77. The van der Waals surface area contributed by atoms with E-state index in [1.807, 2.05) is 26.8 Å². The van der Waals surface area contributed by atoms with Crippen molar-refractivity contribution in [3.8, 4) is 0 Å². The lowest BCUT2D eigenvalue weighted by Gasteiger charge is -2.45. The van der Waals surface area contributed by atoms with Crippen LogP contribution in [-0.4, -0.2) is 30.4 Å². The summed E-state index contributed by atoms with van der Waals surface area (Å²) in [6.07, 6.45) is 2.62. The molecule has 172 valence electrons. The second kappa shape index (κ2) is 7.87. The first-order valence-corrected chi connectivity index (χ1v) is 11.3. The van der Waals surface area contributed by atoms with Crippen LogP contribution < -0.4 is 15.1 Å². The van der Waals surface area contributed by atoms with E-state index in [1.54, 1.807) is 18.2 Å². The number of hydrogen-bond acceptors (Lipinski definition) is 4. The molecule has 0 aliphatic carbocycles. The largest absolute Gasteiger partial charge is 0.369 e. The van der Waals surface area contributed by atoms with Crippen molar-refractivity contribution in [2.75, 3.05) is 16.8 Å². The Morgan fingerprint density at radius 1 is 1.00 bits per heavy atom. The molecule has 1 N–H and O–H groups in total. The van der Waals surface area contributed by atoms with Crippen molar-refractivity contribution >= 4 is 35.3 Å². The summed E-state index contributed by atoms with van der Waals surface area (Å²) in [6.45, 7) is 12.5. The van der Waals surface area contributed by atoms with Crippen LogP contribution >= 0.6 is 0 Å². The normalized spacial score (nSPS) is 21.4. The Bertz CT molecular complexity index is 1230. The number of nitrogens with zero attached hydrogens (tertiary/aromatic N) is 2. The fraction of sp³-hybridized carbons (Fsp3) is 0.370. The van der Waals surface area contributed by atoms with Gasteiger partial charge >= 0.3 is 6.03 Å². The van der Waals surface area contributed by atoms with E-state index in [0.717, 1.165) is 33.6 Å². The van der Waals surface area contributed by atoms with Crippen LogP contribution in [-0.2, 0) is 9.59 Å². The summed E-state index contributed by atoms with van der Waals surface area (Å²) in [4.78, 5) is 41.9. The van der Waals surface area contributed by atoms with Crippen molar-refractivity contribution in [3.05, 3.63) is 63.7 Å². The molecule has 6 nitrogen and oxygen atoms in total. The number of fused-ring (bicyclic) bond motifs is 1. The first-order chi connectivity index (χ1) is 15.4. The highest BCUT2D eigenvalue weighted by atomic mass is 16.2. The summed E-state index contributed by atoms with van der Waals surface area (Å²) < 4.78 is 0. The van der Waals surface area contributed by atoms with Crippen molar-refractivity contribution in [3.63, 3.8) is 0 Å². The molecule has 0 radical (unpaired) electrons. The smallest absolute Gasteiger partial charge is 0.335 e. The zero-order chi connectivity index (χ0) is 24.2. The summed E-state index contributed by atoms with van der Waals surface area (Å²) in [7, 11) is 2.10. The maximum atomic E-state index is 13.3. The van der Waals surface area contributed by atoms with E-state index in [-0.39, 0.29) is 11.1 Å². The Labute approximate surface area is 195 Å². The fourth-order valence-electron chi connectivity index (χ4n) is 4.80. The van der Waals surface area contributed by atoms with E-state index in [9.17, 15) is 14.4 Å². The van der Waals surface area contributed by atoms with Gasteiger partial charge in [0, 0.05) is 18.3 Å². The Hall–Kier alpha value is -3.41. The van der Waals surface area contributed by atoms with Gasteiger partial charge < -0.3 is 4.90 Å². The Morgan fingerprint density at radius 3 is 2.36 bits per heavy atom. The van der Waals surface area contributed by atoms with Crippen molar-refractivity contribution in [2.24, 2.45) is 0 Å². The van der Waals surface area contributed by atoms with E-state index in [4.69, 9.17) is 0 Å². The molecule has 0 aromatic heterocycles. The first-order valence-electron chi connectivity index (χ1n) is 11.3.